The maximum Gasteiger partial charge on any atom is 0.365 e. The second-order valence-corrected chi connectivity index (χ2v) is 5.12. The molecule has 23 heavy (non-hydrogen) atoms. The van der Waals surface area contributed by atoms with Gasteiger partial charge in [-0.3, -0.25) is 0 Å². The van der Waals surface area contributed by atoms with Crippen molar-refractivity contribution in [1.82, 2.24) is 0 Å². The number of carbonyl (C=O) groups is 1. The summed E-state index contributed by atoms with van der Waals surface area (Å²) in [6.45, 7) is 3.65. The summed E-state index contributed by atoms with van der Waals surface area (Å²) in [6.07, 6.45) is 14.2. The van der Waals surface area contributed by atoms with Gasteiger partial charge in [0.05, 0.1) is 11.3 Å². The predicted molar refractivity (Wildman–Crippen MR) is 94.0 cm³/mol. The van der Waals surface area contributed by atoms with Crippen molar-refractivity contribution in [2.45, 2.75) is 20.3 Å². The molecule has 1 aliphatic rings. The van der Waals surface area contributed by atoms with Gasteiger partial charge in [-0.15, -0.1) is 0 Å². The van der Waals surface area contributed by atoms with E-state index in [1.165, 1.54) is 0 Å². The van der Waals surface area contributed by atoms with Crippen molar-refractivity contribution < 1.29 is 9.63 Å². The highest BCUT2D eigenvalue weighted by atomic mass is 16.7. The largest absolute Gasteiger partial charge is 0.365 e. The summed E-state index contributed by atoms with van der Waals surface area (Å²) in [5.74, 6) is -0.347. The molecule has 1 atom stereocenters. The molecule has 118 valence electrons. The molecular formula is C20H21NO2. The van der Waals surface area contributed by atoms with E-state index in [4.69, 9.17) is 4.84 Å². The molecule has 1 aromatic rings. The van der Waals surface area contributed by atoms with Gasteiger partial charge < -0.3 is 4.84 Å². The van der Waals surface area contributed by atoms with Crippen molar-refractivity contribution in [2.24, 2.45) is 11.1 Å². The molecule has 1 aromatic carbocycles. The Morgan fingerprint density at radius 2 is 2.00 bits per heavy atom. The lowest BCUT2D eigenvalue weighted by molar-refractivity contribution is -0.138. The van der Waals surface area contributed by atoms with Crippen LogP contribution >= 0.6 is 0 Å². The molecule has 0 bridgehead atoms. The van der Waals surface area contributed by atoms with Crippen LogP contribution in [0.4, 0.5) is 0 Å². The van der Waals surface area contributed by atoms with E-state index in [0.29, 0.717) is 5.57 Å². The van der Waals surface area contributed by atoms with Crippen molar-refractivity contribution in [3.8, 4) is 0 Å². The minimum Gasteiger partial charge on any atom is -0.313 e. The lowest BCUT2D eigenvalue weighted by atomic mass is 9.91. The molecule has 0 spiro atoms. The Morgan fingerprint density at radius 1 is 1.22 bits per heavy atom. The SMILES string of the molecule is C/C=C\C(=C/C)C(=O)O/N=C(/c1ccccc1)C1C=CC=CC1. The quantitative estimate of drug-likeness (QED) is 0.262. The summed E-state index contributed by atoms with van der Waals surface area (Å²) in [5, 5.41) is 4.18. The van der Waals surface area contributed by atoms with Gasteiger partial charge in [-0.1, -0.05) is 78.0 Å². The maximum absolute atomic E-state index is 12.1. The van der Waals surface area contributed by atoms with Crippen LogP contribution < -0.4 is 0 Å². The third kappa shape index (κ3) is 4.65. The highest BCUT2D eigenvalue weighted by Crippen LogP contribution is 2.19. The van der Waals surface area contributed by atoms with Crippen LogP contribution in [0, 0.1) is 5.92 Å². The predicted octanol–water partition coefficient (Wildman–Crippen LogP) is 4.59. The average Bonchev–Trinajstić information content (AvgIpc) is 2.61. The minimum atomic E-state index is -0.450. The molecule has 0 aliphatic heterocycles. The van der Waals surface area contributed by atoms with Gasteiger partial charge in [0.2, 0.25) is 0 Å². The number of nitrogens with zero attached hydrogens (tertiary/aromatic N) is 1. The number of benzene rings is 1. The zero-order valence-electron chi connectivity index (χ0n) is 13.5. The Bertz CT molecular complexity index is 679. The summed E-state index contributed by atoms with van der Waals surface area (Å²) in [5.41, 5.74) is 2.21. The van der Waals surface area contributed by atoms with Crippen LogP contribution in [0.15, 0.2) is 83.6 Å². The topological polar surface area (TPSA) is 38.7 Å². The second-order valence-electron chi connectivity index (χ2n) is 5.12. The number of allylic oxidation sites excluding steroid dienone is 6. The molecule has 0 fully saturated rings. The van der Waals surface area contributed by atoms with E-state index in [2.05, 4.69) is 17.3 Å². The van der Waals surface area contributed by atoms with Crippen molar-refractivity contribution in [1.29, 1.82) is 0 Å². The smallest absolute Gasteiger partial charge is 0.313 e. The van der Waals surface area contributed by atoms with Crippen LogP contribution in [-0.2, 0) is 9.63 Å². The van der Waals surface area contributed by atoms with Crippen molar-refractivity contribution in [3.63, 3.8) is 0 Å². The summed E-state index contributed by atoms with van der Waals surface area (Å²) in [6, 6.07) is 9.80. The fourth-order valence-corrected chi connectivity index (χ4v) is 2.33. The van der Waals surface area contributed by atoms with Gasteiger partial charge in [-0.2, -0.15) is 0 Å². The van der Waals surface area contributed by atoms with Gasteiger partial charge in [0.25, 0.3) is 0 Å². The van der Waals surface area contributed by atoms with E-state index in [1.807, 2.05) is 49.4 Å². The van der Waals surface area contributed by atoms with Crippen LogP contribution in [-0.4, -0.2) is 11.7 Å². The minimum absolute atomic E-state index is 0.103. The Balaban J connectivity index is 2.25. The molecule has 0 aromatic heterocycles. The Kier molecular flexibility index (Phi) is 6.30. The van der Waals surface area contributed by atoms with E-state index in [0.717, 1.165) is 17.7 Å². The Labute approximate surface area is 137 Å². The molecule has 1 unspecified atom stereocenters. The van der Waals surface area contributed by atoms with Gasteiger partial charge in [0.1, 0.15) is 0 Å². The Morgan fingerprint density at radius 3 is 2.61 bits per heavy atom. The van der Waals surface area contributed by atoms with Gasteiger partial charge in [-0.25, -0.2) is 4.79 Å². The zero-order valence-corrected chi connectivity index (χ0v) is 13.5. The molecular weight excluding hydrogens is 286 g/mol. The molecule has 0 heterocycles. The first kappa shape index (κ1) is 16.7. The van der Waals surface area contributed by atoms with Gasteiger partial charge in [0.15, 0.2) is 0 Å². The normalized spacial score (nSPS) is 18.4. The molecule has 0 N–H and O–H groups in total. The van der Waals surface area contributed by atoms with E-state index in [1.54, 1.807) is 25.2 Å². The molecule has 0 amide bonds. The lowest BCUT2D eigenvalue weighted by Gasteiger charge is -2.15. The van der Waals surface area contributed by atoms with Crippen LogP contribution in [0.5, 0.6) is 0 Å². The van der Waals surface area contributed by atoms with Crippen LogP contribution in [0.2, 0.25) is 0 Å². The zero-order chi connectivity index (χ0) is 16.5. The first-order chi connectivity index (χ1) is 11.3. The molecule has 2 rings (SSSR count). The van der Waals surface area contributed by atoms with E-state index in [-0.39, 0.29) is 5.92 Å². The third-order valence-corrected chi connectivity index (χ3v) is 3.52. The third-order valence-electron chi connectivity index (χ3n) is 3.52. The van der Waals surface area contributed by atoms with E-state index in [9.17, 15) is 4.79 Å². The average molecular weight is 307 g/mol. The monoisotopic (exact) mass is 307 g/mol. The first-order valence-corrected chi connectivity index (χ1v) is 7.73. The highest BCUT2D eigenvalue weighted by Gasteiger charge is 2.17. The maximum atomic E-state index is 12.1. The molecule has 3 nitrogen and oxygen atoms in total. The van der Waals surface area contributed by atoms with Crippen molar-refractivity contribution in [2.75, 3.05) is 0 Å². The number of oxime groups is 1. The van der Waals surface area contributed by atoms with E-state index < -0.39 is 5.97 Å². The van der Waals surface area contributed by atoms with Gasteiger partial charge >= 0.3 is 5.97 Å². The standard InChI is InChI=1S/C20H21NO2/c1-3-11-16(4-2)20(22)23-21-19(17-12-7-5-8-13-17)18-14-9-6-10-15-18/h3-14,18H,15H2,1-2H3/b11-3-,16-4+,21-19-. The van der Waals surface area contributed by atoms with Crippen molar-refractivity contribution >= 4 is 11.7 Å². The summed E-state index contributed by atoms with van der Waals surface area (Å²) < 4.78 is 0. The molecule has 1 aliphatic carbocycles. The second kappa shape index (κ2) is 8.69. The summed E-state index contributed by atoms with van der Waals surface area (Å²) in [4.78, 5) is 17.3. The first-order valence-electron chi connectivity index (χ1n) is 7.73. The summed E-state index contributed by atoms with van der Waals surface area (Å²) in [7, 11) is 0. The van der Waals surface area contributed by atoms with Gasteiger partial charge in [0, 0.05) is 5.92 Å². The van der Waals surface area contributed by atoms with Crippen LogP contribution in [0.3, 0.4) is 0 Å². The molecule has 0 radical (unpaired) electrons. The van der Waals surface area contributed by atoms with Crippen LogP contribution in [0.25, 0.3) is 0 Å². The van der Waals surface area contributed by atoms with Gasteiger partial charge in [-0.05, 0) is 25.8 Å². The summed E-state index contributed by atoms with van der Waals surface area (Å²) >= 11 is 0. The van der Waals surface area contributed by atoms with Crippen molar-refractivity contribution in [3.05, 3.63) is 84.0 Å². The molecule has 0 saturated heterocycles. The van der Waals surface area contributed by atoms with Crippen LogP contribution in [0.1, 0.15) is 25.8 Å². The highest BCUT2D eigenvalue weighted by molar-refractivity contribution is 6.03. The fraction of sp³-hybridized carbons (Fsp3) is 0.200. The number of hydrogen-bond acceptors (Lipinski definition) is 3. The number of hydrogen-bond donors (Lipinski definition) is 0. The lowest BCUT2D eigenvalue weighted by Crippen LogP contribution is -2.16. The van der Waals surface area contributed by atoms with E-state index >= 15 is 0 Å². The molecule has 3 heteroatoms. The fourth-order valence-electron chi connectivity index (χ4n) is 2.33. The molecule has 0 saturated carbocycles. The number of rotatable bonds is 5. The number of carbonyl (C=O) groups excluding carboxylic acids is 1. The Hall–Kier alpha value is -2.68.